The molecule has 2 aromatic rings. The van der Waals surface area contributed by atoms with Crippen molar-refractivity contribution in [3.63, 3.8) is 0 Å². The van der Waals surface area contributed by atoms with Gasteiger partial charge < -0.3 is 5.32 Å². The van der Waals surface area contributed by atoms with Gasteiger partial charge in [-0.1, -0.05) is 73.8 Å². The Balaban J connectivity index is 1.48. The van der Waals surface area contributed by atoms with E-state index < -0.39 is 11.9 Å². The molecule has 2 bridgehead atoms. The number of alkyl halides is 2. The van der Waals surface area contributed by atoms with Gasteiger partial charge in [0.1, 0.15) is 6.04 Å². The third-order valence-corrected chi connectivity index (χ3v) is 12.1. The lowest BCUT2D eigenvalue weighted by Gasteiger charge is -2.28. The smallest absolute Gasteiger partial charge is 0.248 e. The third-order valence-electron chi connectivity index (χ3n) is 7.50. The van der Waals surface area contributed by atoms with E-state index in [1.165, 1.54) is 4.90 Å². The Morgan fingerprint density at radius 1 is 1.06 bits per heavy atom. The summed E-state index contributed by atoms with van der Waals surface area (Å²) in [6.45, 7) is 1.81. The highest BCUT2D eigenvalue weighted by Gasteiger charge is 2.67. The van der Waals surface area contributed by atoms with Crippen LogP contribution in [0, 0.1) is 30.6 Å². The van der Waals surface area contributed by atoms with Crippen molar-refractivity contribution in [2.75, 3.05) is 5.32 Å². The summed E-state index contributed by atoms with van der Waals surface area (Å²) in [4.78, 5) is 42.5. The Hall–Kier alpha value is -1.22. The molecule has 3 amide bonds. The average molecular weight is 674 g/mol. The van der Waals surface area contributed by atoms with Gasteiger partial charge >= 0.3 is 0 Å². The predicted octanol–water partition coefficient (Wildman–Crippen LogP) is 5.74. The number of nitrogens with one attached hydrogen (secondary N) is 1. The number of halogens is 4. The molecule has 0 spiro atoms. The lowest BCUT2D eigenvalue weighted by molar-refractivity contribution is -0.147. The first-order valence-electron chi connectivity index (χ1n) is 11.1. The summed E-state index contributed by atoms with van der Waals surface area (Å²) in [6.07, 6.45) is 1.09. The minimum atomic E-state index is -0.947. The monoisotopic (exact) mass is 670 g/mol. The highest BCUT2D eigenvalue weighted by Crippen LogP contribution is 2.60. The molecule has 2 saturated carbocycles. The molecule has 3 fully saturated rings. The number of carbonyl (C=O) groups is 3. The van der Waals surface area contributed by atoms with Crippen molar-refractivity contribution in [1.29, 1.82) is 0 Å². The van der Waals surface area contributed by atoms with Crippen LogP contribution in [0.4, 0.5) is 5.69 Å². The fourth-order valence-electron chi connectivity index (χ4n) is 5.82. The normalized spacial score (nSPS) is 30.6. The van der Waals surface area contributed by atoms with Crippen molar-refractivity contribution < 1.29 is 14.4 Å². The molecular weight excluding hydrogens is 651 g/mol. The van der Waals surface area contributed by atoms with Gasteiger partial charge in [0.15, 0.2) is 0 Å². The minimum absolute atomic E-state index is 0.0915. The molecular formula is C25H22Br3ClN2O3. The number of benzene rings is 2. The second kappa shape index (κ2) is 9.34. The summed E-state index contributed by atoms with van der Waals surface area (Å²) in [5, 5.41) is 3.43. The average Bonchev–Trinajstić information content (AvgIpc) is 3.43. The molecule has 9 heteroatoms. The van der Waals surface area contributed by atoms with Crippen LogP contribution in [0.5, 0.6) is 0 Å². The summed E-state index contributed by atoms with van der Waals surface area (Å²) < 4.78 is 0.729. The SMILES string of the molecule is Cc1c(NC(=O)[C@H](Cc2ccccc2)N2C(=O)[C@@H]3[C@H]4C[C@@H]([C@H](Br)[C@@H]4Br)[C@@H]3C2=O)ccc(Br)c1Cl. The van der Waals surface area contributed by atoms with Crippen LogP contribution in [0.2, 0.25) is 5.02 Å². The maximum Gasteiger partial charge on any atom is 0.248 e. The van der Waals surface area contributed by atoms with Crippen LogP contribution in [0.15, 0.2) is 46.9 Å². The van der Waals surface area contributed by atoms with Gasteiger partial charge in [0, 0.05) is 26.2 Å². The zero-order valence-corrected chi connectivity index (χ0v) is 23.7. The zero-order chi connectivity index (χ0) is 24.3. The minimum Gasteiger partial charge on any atom is -0.324 e. The van der Waals surface area contributed by atoms with Crippen molar-refractivity contribution >= 4 is 82.8 Å². The van der Waals surface area contributed by atoms with Crippen molar-refractivity contribution in [3.05, 3.63) is 63.1 Å². The van der Waals surface area contributed by atoms with E-state index in [4.69, 9.17) is 11.6 Å². The number of hydrogen-bond donors (Lipinski definition) is 1. The van der Waals surface area contributed by atoms with Gasteiger partial charge in [0.2, 0.25) is 17.7 Å². The Labute approximate surface area is 228 Å². The summed E-state index contributed by atoms with van der Waals surface area (Å²) in [5.41, 5.74) is 2.14. The number of hydrogen-bond acceptors (Lipinski definition) is 3. The Kier molecular flexibility index (Phi) is 6.72. The molecule has 178 valence electrons. The van der Waals surface area contributed by atoms with E-state index in [-0.39, 0.29) is 51.6 Å². The van der Waals surface area contributed by atoms with Gasteiger partial charge in [-0.25, -0.2) is 0 Å². The number of anilines is 1. The molecule has 1 N–H and O–H groups in total. The van der Waals surface area contributed by atoms with E-state index in [0.29, 0.717) is 16.3 Å². The number of nitrogens with zero attached hydrogens (tertiary/aromatic N) is 1. The molecule has 5 rings (SSSR count). The third kappa shape index (κ3) is 3.89. The van der Waals surface area contributed by atoms with Gasteiger partial charge in [-0.05, 0) is 64.4 Å². The molecule has 2 aromatic carbocycles. The zero-order valence-electron chi connectivity index (χ0n) is 18.2. The standard InChI is InChI=1S/C25H22Br3ClN2O3/c1-11-16(8-7-15(26)22(11)29)30-23(32)17(9-12-5-3-2-4-6-12)31-24(33)18-13-10-14(19(18)25(31)34)21(28)20(13)27/h2-8,13-14,17-21H,9-10H2,1H3,(H,30,32)/t13-,14-,17+,18-,19+,20-,21+/m1/s1. The van der Waals surface area contributed by atoms with E-state index in [1.54, 1.807) is 12.1 Å². The molecule has 0 unspecified atom stereocenters. The summed E-state index contributed by atoms with van der Waals surface area (Å²) >= 11 is 17.2. The second-order valence-electron chi connectivity index (χ2n) is 9.28. The van der Waals surface area contributed by atoms with Crippen LogP contribution in [0.1, 0.15) is 17.5 Å². The van der Waals surface area contributed by atoms with E-state index in [0.717, 1.165) is 16.5 Å². The summed E-state index contributed by atoms with van der Waals surface area (Å²) in [5.74, 6) is -1.41. The lowest BCUT2D eigenvalue weighted by Crippen LogP contribution is -2.49. The van der Waals surface area contributed by atoms with Gasteiger partial charge in [-0.15, -0.1) is 0 Å². The Bertz CT molecular complexity index is 1150. The molecule has 7 atom stereocenters. The molecule has 0 aromatic heterocycles. The first kappa shape index (κ1) is 24.5. The molecule has 1 aliphatic heterocycles. The molecule has 0 radical (unpaired) electrons. The largest absolute Gasteiger partial charge is 0.324 e. The molecule has 3 aliphatic rings. The van der Waals surface area contributed by atoms with Crippen molar-refractivity contribution in [1.82, 2.24) is 4.90 Å². The van der Waals surface area contributed by atoms with Crippen LogP contribution in [-0.2, 0) is 20.8 Å². The number of fused-ring (bicyclic) bond motifs is 5. The number of likely N-dealkylation sites (tertiary alicyclic amines) is 1. The molecule has 2 aliphatic carbocycles. The van der Waals surface area contributed by atoms with E-state index >= 15 is 0 Å². The van der Waals surface area contributed by atoms with Crippen LogP contribution < -0.4 is 5.32 Å². The second-order valence-corrected chi connectivity index (χ2v) is 12.6. The number of imide groups is 1. The fraction of sp³-hybridized carbons (Fsp3) is 0.400. The number of rotatable bonds is 5. The van der Waals surface area contributed by atoms with Gasteiger partial charge in [0.25, 0.3) is 0 Å². The van der Waals surface area contributed by atoms with Crippen LogP contribution in [0.25, 0.3) is 0 Å². The van der Waals surface area contributed by atoms with E-state index in [2.05, 4.69) is 53.1 Å². The topological polar surface area (TPSA) is 66.5 Å². The first-order chi connectivity index (χ1) is 16.2. The summed E-state index contributed by atoms with van der Waals surface area (Å²) in [6, 6.07) is 12.0. The Morgan fingerprint density at radius 2 is 1.65 bits per heavy atom. The van der Waals surface area contributed by atoms with Gasteiger partial charge in [-0.2, -0.15) is 0 Å². The van der Waals surface area contributed by atoms with Crippen LogP contribution >= 0.6 is 59.4 Å². The van der Waals surface area contributed by atoms with Gasteiger partial charge in [0.05, 0.1) is 16.9 Å². The van der Waals surface area contributed by atoms with Crippen LogP contribution in [-0.4, -0.2) is 38.3 Å². The maximum atomic E-state index is 13.7. The summed E-state index contributed by atoms with van der Waals surface area (Å²) in [7, 11) is 0. The lowest BCUT2D eigenvalue weighted by atomic mass is 9.81. The fourth-order valence-corrected chi connectivity index (χ4v) is 8.29. The van der Waals surface area contributed by atoms with E-state index in [9.17, 15) is 14.4 Å². The molecule has 1 heterocycles. The van der Waals surface area contributed by atoms with Gasteiger partial charge in [-0.3, -0.25) is 19.3 Å². The quantitative estimate of drug-likeness (QED) is 0.326. The molecule has 34 heavy (non-hydrogen) atoms. The molecule has 1 saturated heterocycles. The maximum absolute atomic E-state index is 13.7. The highest BCUT2D eigenvalue weighted by molar-refractivity contribution is 9.12. The van der Waals surface area contributed by atoms with Crippen molar-refractivity contribution in [2.45, 2.75) is 35.5 Å². The van der Waals surface area contributed by atoms with Crippen molar-refractivity contribution in [3.8, 4) is 0 Å². The predicted molar refractivity (Wildman–Crippen MR) is 142 cm³/mol. The van der Waals surface area contributed by atoms with Crippen LogP contribution in [0.3, 0.4) is 0 Å². The Morgan fingerprint density at radius 3 is 2.24 bits per heavy atom. The van der Waals surface area contributed by atoms with Crippen molar-refractivity contribution in [2.24, 2.45) is 23.7 Å². The highest BCUT2D eigenvalue weighted by atomic mass is 79.9. The first-order valence-corrected chi connectivity index (χ1v) is 14.2. The van der Waals surface area contributed by atoms with E-state index in [1.807, 2.05) is 37.3 Å². The molecule has 5 nitrogen and oxygen atoms in total. The number of amides is 3. The number of carbonyl (C=O) groups excluding carboxylic acids is 3.